The Morgan fingerprint density at radius 2 is 1.92 bits per heavy atom. The first kappa shape index (κ1) is 7.14. The lowest BCUT2D eigenvalue weighted by Crippen LogP contribution is -2.40. The van der Waals surface area contributed by atoms with Gasteiger partial charge in [0.2, 0.25) is 0 Å². The van der Waals surface area contributed by atoms with Crippen LogP contribution in [0.1, 0.15) is 25.7 Å². The Labute approximate surface area is 74.0 Å². The van der Waals surface area contributed by atoms with Gasteiger partial charge in [-0.3, -0.25) is 0 Å². The zero-order chi connectivity index (χ0) is 8.13. The molecule has 0 heterocycles. The highest BCUT2D eigenvalue weighted by atomic mass is 14.7. The predicted molar refractivity (Wildman–Crippen MR) is 49.5 cm³/mol. The maximum absolute atomic E-state index is 6.17. The second kappa shape index (κ2) is 2.35. The molecule has 12 heavy (non-hydrogen) atoms. The molecule has 1 unspecified atom stereocenters. The third-order valence-corrected chi connectivity index (χ3v) is 4.26. The summed E-state index contributed by atoms with van der Waals surface area (Å²) < 4.78 is 0. The highest BCUT2D eigenvalue weighted by Gasteiger charge is 2.47. The molecule has 0 spiro atoms. The minimum absolute atomic E-state index is 0.517. The molecule has 1 nitrogen and oxygen atoms in total. The van der Waals surface area contributed by atoms with E-state index in [0.29, 0.717) is 6.04 Å². The highest BCUT2D eigenvalue weighted by molar-refractivity contribution is 5.16. The fraction of sp³-hybridized carbons (Fsp3) is 0.818. The van der Waals surface area contributed by atoms with Crippen LogP contribution in [0.4, 0.5) is 0 Å². The van der Waals surface area contributed by atoms with Gasteiger partial charge in [-0.25, -0.2) is 0 Å². The van der Waals surface area contributed by atoms with Crippen molar-refractivity contribution < 1.29 is 0 Å². The summed E-state index contributed by atoms with van der Waals surface area (Å²) in [5.74, 6) is 3.58. The third-order valence-electron chi connectivity index (χ3n) is 4.26. The van der Waals surface area contributed by atoms with Crippen LogP contribution >= 0.6 is 0 Å². The van der Waals surface area contributed by atoms with Crippen molar-refractivity contribution in [2.75, 3.05) is 0 Å². The van der Waals surface area contributed by atoms with Crippen molar-refractivity contribution in [3.8, 4) is 0 Å². The molecule has 2 saturated carbocycles. The van der Waals surface area contributed by atoms with Gasteiger partial charge in [0.1, 0.15) is 0 Å². The standard InChI is InChI=1S/C11H17N/c12-10-3-1-2-9-7-4-5-8(6-7)11(9)10/h4-5,7-11H,1-3,6,12H2/t7-,8+,9+,10?,11-/m1/s1. The molecule has 3 rings (SSSR count). The van der Waals surface area contributed by atoms with E-state index in [1.165, 1.54) is 25.7 Å². The van der Waals surface area contributed by atoms with Gasteiger partial charge in [-0.05, 0) is 42.9 Å². The van der Waals surface area contributed by atoms with Crippen molar-refractivity contribution in [3.63, 3.8) is 0 Å². The summed E-state index contributed by atoms with van der Waals surface area (Å²) >= 11 is 0. The molecule has 2 fully saturated rings. The molecule has 0 amide bonds. The van der Waals surface area contributed by atoms with Crippen LogP contribution in [0.25, 0.3) is 0 Å². The van der Waals surface area contributed by atoms with Gasteiger partial charge < -0.3 is 5.73 Å². The van der Waals surface area contributed by atoms with Crippen molar-refractivity contribution >= 4 is 0 Å². The number of hydrogen-bond acceptors (Lipinski definition) is 1. The second-order valence-electron chi connectivity index (χ2n) is 4.78. The summed E-state index contributed by atoms with van der Waals surface area (Å²) in [6, 6.07) is 0.517. The first-order chi connectivity index (χ1) is 5.86. The van der Waals surface area contributed by atoms with Crippen LogP contribution in [0.5, 0.6) is 0 Å². The van der Waals surface area contributed by atoms with Crippen molar-refractivity contribution in [2.45, 2.75) is 31.7 Å². The van der Waals surface area contributed by atoms with Gasteiger partial charge in [-0.2, -0.15) is 0 Å². The average Bonchev–Trinajstić information content (AvgIpc) is 2.64. The third kappa shape index (κ3) is 0.779. The quantitative estimate of drug-likeness (QED) is 0.543. The Morgan fingerprint density at radius 3 is 2.75 bits per heavy atom. The van der Waals surface area contributed by atoms with E-state index in [2.05, 4.69) is 12.2 Å². The van der Waals surface area contributed by atoms with E-state index in [9.17, 15) is 0 Å². The van der Waals surface area contributed by atoms with E-state index < -0.39 is 0 Å². The van der Waals surface area contributed by atoms with E-state index >= 15 is 0 Å². The van der Waals surface area contributed by atoms with E-state index in [1.807, 2.05) is 0 Å². The van der Waals surface area contributed by atoms with E-state index in [1.54, 1.807) is 0 Å². The SMILES string of the molecule is NC1CCC[C@@H]2[C@H]1[C@H]1C=C[C@@H]2C1. The Kier molecular flexibility index (Phi) is 1.40. The zero-order valence-electron chi connectivity index (χ0n) is 7.45. The van der Waals surface area contributed by atoms with Crippen molar-refractivity contribution in [1.29, 1.82) is 0 Å². The van der Waals surface area contributed by atoms with Gasteiger partial charge in [0.05, 0.1) is 0 Å². The summed E-state index contributed by atoms with van der Waals surface area (Å²) in [7, 11) is 0. The van der Waals surface area contributed by atoms with Crippen LogP contribution in [0.3, 0.4) is 0 Å². The molecule has 5 atom stereocenters. The van der Waals surface area contributed by atoms with Crippen LogP contribution in [-0.2, 0) is 0 Å². The van der Waals surface area contributed by atoms with Crippen LogP contribution in [0.15, 0.2) is 12.2 Å². The molecule has 2 bridgehead atoms. The number of fused-ring (bicyclic) bond motifs is 5. The molecule has 0 saturated heterocycles. The Hall–Kier alpha value is -0.300. The van der Waals surface area contributed by atoms with Crippen molar-refractivity contribution in [3.05, 3.63) is 12.2 Å². The molecule has 3 aliphatic carbocycles. The molecular formula is C11H17N. The maximum atomic E-state index is 6.17. The lowest BCUT2D eigenvalue weighted by atomic mass is 9.71. The Bertz CT molecular complexity index is 221. The largest absolute Gasteiger partial charge is 0.327 e. The normalized spacial score (nSPS) is 55.9. The minimum atomic E-state index is 0.517. The maximum Gasteiger partial charge on any atom is 0.00756 e. The van der Waals surface area contributed by atoms with Crippen LogP contribution in [0, 0.1) is 23.7 Å². The number of rotatable bonds is 0. The van der Waals surface area contributed by atoms with Gasteiger partial charge in [0.25, 0.3) is 0 Å². The molecule has 66 valence electrons. The number of nitrogens with two attached hydrogens (primary N) is 1. The first-order valence-corrected chi connectivity index (χ1v) is 5.30. The zero-order valence-corrected chi connectivity index (χ0v) is 7.45. The smallest absolute Gasteiger partial charge is 0.00756 e. The van der Waals surface area contributed by atoms with E-state index in [-0.39, 0.29) is 0 Å². The van der Waals surface area contributed by atoms with Gasteiger partial charge >= 0.3 is 0 Å². The van der Waals surface area contributed by atoms with Gasteiger partial charge in [-0.15, -0.1) is 0 Å². The molecule has 1 heteroatoms. The van der Waals surface area contributed by atoms with E-state index in [4.69, 9.17) is 5.73 Å². The fourth-order valence-corrected chi connectivity index (χ4v) is 3.79. The second-order valence-corrected chi connectivity index (χ2v) is 4.78. The molecule has 0 radical (unpaired) electrons. The van der Waals surface area contributed by atoms with Gasteiger partial charge in [0.15, 0.2) is 0 Å². The van der Waals surface area contributed by atoms with Gasteiger partial charge in [0, 0.05) is 6.04 Å². The monoisotopic (exact) mass is 163 g/mol. The summed E-state index contributed by atoms with van der Waals surface area (Å²) in [6.45, 7) is 0. The molecule has 0 aromatic rings. The van der Waals surface area contributed by atoms with Crippen LogP contribution in [0.2, 0.25) is 0 Å². The minimum Gasteiger partial charge on any atom is -0.327 e. The summed E-state index contributed by atoms with van der Waals surface area (Å²) in [5.41, 5.74) is 6.17. The summed E-state index contributed by atoms with van der Waals surface area (Å²) in [5, 5.41) is 0. The fourth-order valence-electron chi connectivity index (χ4n) is 3.79. The highest BCUT2D eigenvalue weighted by Crippen LogP contribution is 2.53. The summed E-state index contributed by atoms with van der Waals surface area (Å²) in [4.78, 5) is 0. The molecular weight excluding hydrogens is 146 g/mol. The van der Waals surface area contributed by atoms with Gasteiger partial charge in [-0.1, -0.05) is 18.6 Å². The predicted octanol–water partition coefficient (Wildman–Crippen LogP) is 1.94. The Morgan fingerprint density at radius 1 is 1.08 bits per heavy atom. The molecule has 2 N–H and O–H groups in total. The topological polar surface area (TPSA) is 26.0 Å². The molecule has 0 aromatic heterocycles. The lowest BCUT2D eigenvalue weighted by molar-refractivity contribution is 0.190. The van der Waals surface area contributed by atoms with Crippen LogP contribution < -0.4 is 5.73 Å². The summed E-state index contributed by atoms with van der Waals surface area (Å²) in [6.07, 6.45) is 10.4. The van der Waals surface area contributed by atoms with Crippen molar-refractivity contribution in [2.24, 2.45) is 29.4 Å². The lowest BCUT2D eigenvalue weighted by Gasteiger charge is -2.37. The molecule has 0 aromatic carbocycles. The average molecular weight is 163 g/mol. The van der Waals surface area contributed by atoms with E-state index in [0.717, 1.165) is 23.7 Å². The Balaban J connectivity index is 1.92. The van der Waals surface area contributed by atoms with Crippen LogP contribution in [-0.4, -0.2) is 6.04 Å². The first-order valence-electron chi connectivity index (χ1n) is 5.30. The molecule has 0 aliphatic heterocycles. The number of hydrogen-bond donors (Lipinski definition) is 1. The van der Waals surface area contributed by atoms with Crippen molar-refractivity contribution in [1.82, 2.24) is 0 Å². The number of allylic oxidation sites excluding steroid dienone is 2. The molecule has 3 aliphatic rings.